The molecule has 3 heterocycles. The molecule has 5 nitrogen and oxygen atoms in total. The number of likely N-dealkylation sites (tertiary alicyclic amines) is 1. The molecular weight excluding hydrogens is 324 g/mol. The molecule has 0 radical (unpaired) electrons. The molecule has 5 rings (SSSR count). The van der Waals surface area contributed by atoms with Crippen LogP contribution in [-0.2, 0) is 26.4 Å². The molecule has 0 unspecified atom stereocenters. The fourth-order valence-electron chi connectivity index (χ4n) is 4.60. The lowest BCUT2D eigenvalue weighted by atomic mass is 9.87. The molecular formula is C21H24N4O. The summed E-state index contributed by atoms with van der Waals surface area (Å²) < 4.78 is 1.86. The number of aromatic amines is 1. The third-order valence-electron chi connectivity index (χ3n) is 5.94. The highest BCUT2D eigenvalue weighted by Gasteiger charge is 2.33. The Balaban J connectivity index is 1.46. The van der Waals surface area contributed by atoms with E-state index in [1.807, 2.05) is 11.7 Å². The summed E-state index contributed by atoms with van der Waals surface area (Å²) in [5.74, 6) is 0.458. The predicted molar refractivity (Wildman–Crippen MR) is 102 cm³/mol. The first-order valence-electron chi connectivity index (χ1n) is 9.57. The van der Waals surface area contributed by atoms with E-state index in [4.69, 9.17) is 5.10 Å². The van der Waals surface area contributed by atoms with E-state index in [-0.39, 0.29) is 5.56 Å². The Hall–Kier alpha value is -2.40. The zero-order valence-electron chi connectivity index (χ0n) is 15.2. The van der Waals surface area contributed by atoms with Gasteiger partial charge in [-0.2, -0.15) is 5.10 Å². The van der Waals surface area contributed by atoms with Gasteiger partial charge >= 0.3 is 0 Å². The second-order valence-corrected chi connectivity index (χ2v) is 7.73. The van der Waals surface area contributed by atoms with Crippen molar-refractivity contribution in [2.45, 2.75) is 38.1 Å². The Bertz CT molecular complexity index is 1010. The number of fused-ring (bicyclic) bond motifs is 3. The molecule has 2 aromatic heterocycles. The van der Waals surface area contributed by atoms with Crippen molar-refractivity contribution in [3.05, 3.63) is 63.1 Å². The molecule has 0 amide bonds. The van der Waals surface area contributed by atoms with E-state index in [0.717, 1.165) is 50.1 Å². The minimum absolute atomic E-state index is 0.0843. The van der Waals surface area contributed by atoms with Crippen LogP contribution in [-0.4, -0.2) is 32.8 Å². The van der Waals surface area contributed by atoms with Crippen LogP contribution < -0.4 is 5.56 Å². The van der Waals surface area contributed by atoms with E-state index in [1.165, 1.54) is 28.6 Å². The zero-order valence-corrected chi connectivity index (χ0v) is 15.2. The van der Waals surface area contributed by atoms with Crippen molar-refractivity contribution < 1.29 is 0 Å². The molecule has 0 atom stereocenters. The molecule has 1 saturated heterocycles. The monoisotopic (exact) mass is 348 g/mol. The Morgan fingerprint density at radius 1 is 1.12 bits per heavy atom. The summed E-state index contributed by atoms with van der Waals surface area (Å²) in [6.07, 6.45) is 4.20. The van der Waals surface area contributed by atoms with Crippen LogP contribution in [0.2, 0.25) is 0 Å². The summed E-state index contributed by atoms with van der Waals surface area (Å²) in [5, 5.41) is 6.05. The van der Waals surface area contributed by atoms with E-state index in [0.29, 0.717) is 5.92 Å². The molecule has 1 fully saturated rings. The molecule has 0 saturated carbocycles. The molecule has 0 spiro atoms. The fraction of sp³-hybridized carbons (Fsp3) is 0.429. The van der Waals surface area contributed by atoms with Gasteiger partial charge in [0.2, 0.25) is 0 Å². The van der Waals surface area contributed by atoms with Crippen LogP contribution in [0.15, 0.2) is 35.1 Å². The number of aromatic nitrogens is 3. The van der Waals surface area contributed by atoms with Crippen LogP contribution >= 0.6 is 0 Å². The summed E-state index contributed by atoms with van der Waals surface area (Å²) >= 11 is 0. The second-order valence-electron chi connectivity index (χ2n) is 7.73. The van der Waals surface area contributed by atoms with Gasteiger partial charge in [0, 0.05) is 43.5 Å². The van der Waals surface area contributed by atoms with Crippen LogP contribution in [0.25, 0.3) is 11.0 Å². The number of nitrogens with one attached hydrogen (secondary N) is 1. The molecule has 0 bridgehead atoms. The Kier molecular flexibility index (Phi) is 3.71. The maximum atomic E-state index is 12.4. The Labute approximate surface area is 152 Å². The molecule has 3 aromatic rings. The molecule has 134 valence electrons. The van der Waals surface area contributed by atoms with Gasteiger partial charge < -0.3 is 4.98 Å². The van der Waals surface area contributed by atoms with Crippen molar-refractivity contribution >= 4 is 11.0 Å². The van der Waals surface area contributed by atoms with Gasteiger partial charge in [-0.05, 0) is 36.8 Å². The molecule has 1 N–H and O–H groups in total. The highest BCUT2D eigenvalue weighted by Crippen LogP contribution is 2.35. The lowest BCUT2D eigenvalue weighted by Gasteiger charge is -2.38. The maximum absolute atomic E-state index is 12.4. The minimum atomic E-state index is 0.0843. The van der Waals surface area contributed by atoms with Gasteiger partial charge in [-0.15, -0.1) is 0 Å². The highest BCUT2D eigenvalue weighted by atomic mass is 16.1. The normalized spacial score (nSPS) is 18.0. The Morgan fingerprint density at radius 3 is 2.62 bits per heavy atom. The predicted octanol–water partition coefficient (Wildman–Crippen LogP) is 2.74. The average molecular weight is 348 g/mol. The number of nitrogens with zero attached hydrogens (tertiary/aromatic N) is 3. The van der Waals surface area contributed by atoms with Crippen molar-refractivity contribution in [2.75, 3.05) is 13.1 Å². The van der Waals surface area contributed by atoms with Crippen LogP contribution in [0.3, 0.4) is 0 Å². The highest BCUT2D eigenvalue weighted by molar-refractivity contribution is 5.84. The average Bonchev–Trinajstić information content (AvgIpc) is 2.95. The smallest absolute Gasteiger partial charge is 0.253 e. The van der Waals surface area contributed by atoms with Gasteiger partial charge in [-0.3, -0.25) is 14.4 Å². The lowest BCUT2D eigenvalue weighted by molar-refractivity contribution is 0.137. The quantitative estimate of drug-likeness (QED) is 0.792. The lowest BCUT2D eigenvalue weighted by Crippen LogP contribution is -2.44. The van der Waals surface area contributed by atoms with Crippen molar-refractivity contribution in [1.82, 2.24) is 19.7 Å². The van der Waals surface area contributed by atoms with Crippen molar-refractivity contribution in [1.29, 1.82) is 0 Å². The Morgan fingerprint density at radius 2 is 1.85 bits per heavy atom. The number of hydrogen-bond acceptors (Lipinski definition) is 3. The van der Waals surface area contributed by atoms with Crippen LogP contribution in [0, 0.1) is 0 Å². The molecule has 2 aliphatic rings. The first kappa shape index (κ1) is 15.8. The number of pyridine rings is 1. The van der Waals surface area contributed by atoms with E-state index < -0.39 is 0 Å². The summed E-state index contributed by atoms with van der Waals surface area (Å²) in [7, 11) is 1.94. The van der Waals surface area contributed by atoms with Gasteiger partial charge in [0.15, 0.2) is 0 Å². The van der Waals surface area contributed by atoms with E-state index in [9.17, 15) is 4.79 Å². The number of benzene rings is 1. The van der Waals surface area contributed by atoms with E-state index in [1.54, 1.807) is 0 Å². The van der Waals surface area contributed by atoms with E-state index in [2.05, 4.69) is 40.2 Å². The first-order chi connectivity index (χ1) is 12.7. The van der Waals surface area contributed by atoms with Crippen molar-refractivity contribution in [3.63, 3.8) is 0 Å². The van der Waals surface area contributed by atoms with Crippen LogP contribution in [0.5, 0.6) is 0 Å². The van der Waals surface area contributed by atoms with Gasteiger partial charge in [0.25, 0.3) is 5.56 Å². The number of H-pyrrole nitrogens is 1. The third-order valence-corrected chi connectivity index (χ3v) is 5.94. The topological polar surface area (TPSA) is 53.9 Å². The van der Waals surface area contributed by atoms with Gasteiger partial charge in [0.1, 0.15) is 5.65 Å². The number of hydrogen-bond donors (Lipinski definition) is 1. The summed E-state index contributed by atoms with van der Waals surface area (Å²) in [6, 6.07) is 10.6. The summed E-state index contributed by atoms with van der Waals surface area (Å²) in [6.45, 7) is 3.07. The summed E-state index contributed by atoms with van der Waals surface area (Å²) in [5.41, 5.74) is 5.78. The fourth-order valence-corrected chi connectivity index (χ4v) is 4.60. The third kappa shape index (κ3) is 2.50. The van der Waals surface area contributed by atoms with Crippen LogP contribution in [0.4, 0.5) is 0 Å². The van der Waals surface area contributed by atoms with Gasteiger partial charge in [0.05, 0.1) is 5.69 Å². The van der Waals surface area contributed by atoms with Gasteiger partial charge in [-0.25, -0.2) is 0 Å². The SMILES string of the molecule is Cn1nc(C2CN(Cc3ccccc3)C2)c2c3c(c(=O)[nH]c21)CCCC3. The van der Waals surface area contributed by atoms with Crippen molar-refractivity contribution in [3.8, 4) is 0 Å². The second kappa shape index (κ2) is 6.09. The summed E-state index contributed by atoms with van der Waals surface area (Å²) in [4.78, 5) is 18.0. The standard InChI is InChI=1S/C21H24N4O/c1-24-20-18(16-9-5-6-10-17(16)21(26)22-20)19(23-24)15-12-25(13-15)11-14-7-3-2-4-8-14/h2-4,7-8,15H,5-6,9-13H2,1H3,(H,22,26). The van der Waals surface area contributed by atoms with E-state index >= 15 is 0 Å². The van der Waals surface area contributed by atoms with Crippen LogP contribution in [0.1, 0.15) is 41.1 Å². The molecule has 5 heteroatoms. The first-order valence-corrected chi connectivity index (χ1v) is 9.57. The molecule has 1 aromatic carbocycles. The molecule has 26 heavy (non-hydrogen) atoms. The number of aryl methyl sites for hydroxylation is 2. The largest absolute Gasteiger partial charge is 0.307 e. The molecule has 1 aliphatic heterocycles. The molecule has 1 aliphatic carbocycles. The maximum Gasteiger partial charge on any atom is 0.253 e. The van der Waals surface area contributed by atoms with Gasteiger partial charge in [-0.1, -0.05) is 30.3 Å². The minimum Gasteiger partial charge on any atom is -0.307 e. The van der Waals surface area contributed by atoms with Crippen molar-refractivity contribution in [2.24, 2.45) is 7.05 Å². The number of rotatable bonds is 3. The zero-order chi connectivity index (χ0) is 17.7.